The highest BCUT2D eigenvalue weighted by Gasteiger charge is 2.05. The van der Waals surface area contributed by atoms with Gasteiger partial charge in [0.2, 0.25) is 0 Å². The molecule has 0 unspecified atom stereocenters. The molecule has 0 aliphatic heterocycles. The number of rotatable bonds is 4. The highest BCUT2D eigenvalue weighted by atomic mass is 79.9. The number of halogens is 1. The van der Waals surface area contributed by atoms with E-state index in [-0.39, 0.29) is 12.1 Å². The van der Waals surface area contributed by atoms with E-state index < -0.39 is 0 Å². The molecule has 1 aromatic carbocycles. The third-order valence-electron chi connectivity index (χ3n) is 2.07. The zero-order valence-electron chi connectivity index (χ0n) is 8.50. The summed E-state index contributed by atoms with van der Waals surface area (Å²) in [5.74, 6) is 0. The Morgan fingerprint density at radius 2 is 2.14 bits per heavy atom. The summed E-state index contributed by atoms with van der Waals surface area (Å²) in [6.45, 7) is 4.48. The lowest BCUT2D eigenvalue weighted by Crippen LogP contribution is -2.27. The molecule has 14 heavy (non-hydrogen) atoms. The van der Waals surface area contributed by atoms with Crippen LogP contribution in [0.5, 0.6) is 0 Å². The van der Waals surface area contributed by atoms with Crippen molar-refractivity contribution in [2.45, 2.75) is 26.0 Å². The van der Waals surface area contributed by atoms with Gasteiger partial charge in [-0.15, -0.1) is 0 Å². The quantitative estimate of drug-likeness (QED) is 0.869. The van der Waals surface area contributed by atoms with Gasteiger partial charge in [0.15, 0.2) is 0 Å². The van der Waals surface area contributed by atoms with Crippen LogP contribution in [0.2, 0.25) is 0 Å². The Kier molecular flexibility index (Phi) is 4.58. The van der Waals surface area contributed by atoms with Crippen molar-refractivity contribution in [2.24, 2.45) is 0 Å². The molecule has 0 saturated carbocycles. The van der Waals surface area contributed by atoms with E-state index in [0.717, 1.165) is 4.47 Å². The third-order valence-corrected chi connectivity index (χ3v) is 2.56. The van der Waals surface area contributed by atoms with Gasteiger partial charge in [-0.2, -0.15) is 0 Å². The lowest BCUT2D eigenvalue weighted by molar-refractivity contribution is 0.187. The summed E-state index contributed by atoms with van der Waals surface area (Å²) in [6.07, 6.45) is -0.301. The summed E-state index contributed by atoms with van der Waals surface area (Å²) in [5, 5.41) is 12.4. The molecule has 0 fully saturated rings. The van der Waals surface area contributed by atoms with Crippen LogP contribution in [0.4, 0.5) is 0 Å². The minimum atomic E-state index is -0.301. The first kappa shape index (κ1) is 11.7. The predicted molar refractivity (Wildman–Crippen MR) is 62.2 cm³/mol. The van der Waals surface area contributed by atoms with Crippen molar-refractivity contribution in [1.29, 1.82) is 0 Å². The van der Waals surface area contributed by atoms with Crippen LogP contribution < -0.4 is 5.32 Å². The Hall–Kier alpha value is -0.380. The van der Waals surface area contributed by atoms with Crippen molar-refractivity contribution in [3.8, 4) is 0 Å². The highest BCUT2D eigenvalue weighted by Crippen LogP contribution is 2.17. The van der Waals surface area contributed by atoms with E-state index >= 15 is 0 Å². The van der Waals surface area contributed by atoms with Gasteiger partial charge >= 0.3 is 0 Å². The molecular weight excluding hydrogens is 242 g/mol. The van der Waals surface area contributed by atoms with Gasteiger partial charge in [0.25, 0.3) is 0 Å². The lowest BCUT2D eigenvalue weighted by atomic mass is 10.1. The normalized spacial score (nSPS) is 15.1. The molecule has 2 N–H and O–H groups in total. The van der Waals surface area contributed by atoms with Gasteiger partial charge in [-0.05, 0) is 31.5 Å². The molecule has 0 saturated heterocycles. The molecule has 0 radical (unpaired) electrons. The predicted octanol–water partition coefficient (Wildman–Crippen LogP) is 2.48. The van der Waals surface area contributed by atoms with E-state index in [4.69, 9.17) is 5.11 Å². The van der Waals surface area contributed by atoms with Gasteiger partial charge < -0.3 is 10.4 Å². The Morgan fingerprint density at radius 1 is 1.43 bits per heavy atom. The second-order valence-corrected chi connectivity index (χ2v) is 4.45. The molecule has 0 aromatic heterocycles. The first-order valence-electron chi connectivity index (χ1n) is 4.76. The van der Waals surface area contributed by atoms with E-state index in [0.29, 0.717) is 6.54 Å². The second kappa shape index (κ2) is 5.49. The monoisotopic (exact) mass is 257 g/mol. The summed E-state index contributed by atoms with van der Waals surface area (Å²) in [6, 6.07) is 8.44. The van der Waals surface area contributed by atoms with Crippen molar-refractivity contribution in [1.82, 2.24) is 5.32 Å². The van der Waals surface area contributed by atoms with Crippen LogP contribution in [-0.4, -0.2) is 17.8 Å². The van der Waals surface area contributed by atoms with E-state index in [1.54, 1.807) is 6.92 Å². The number of hydrogen-bond donors (Lipinski definition) is 2. The minimum Gasteiger partial charge on any atom is -0.392 e. The summed E-state index contributed by atoms with van der Waals surface area (Å²) in [5.41, 5.74) is 1.22. The first-order chi connectivity index (χ1) is 6.59. The van der Waals surface area contributed by atoms with Gasteiger partial charge in [-0.1, -0.05) is 28.1 Å². The molecular formula is C11H16BrNO. The van der Waals surface area contributed by atoms with Crippen LogP contribution in [0.1, 0.15) is 25.5 Å². The fraction of sp³-hybridized carbons (Fsp3) is 0.455. The van der Waals surface area contributed by atoms with Gasteiger partial charge in [0, 0.05) is 17.1 Å². The number of benzene rings is 1. The van der Waals surface area contributed by atoms with E-state index in [9.17, 15) is 0 Å². The zero-order valence-corrected chi connectivity index (χ0v) is 10.1. The van der Waals surface area contributed by atoms with Crippen LogP contribution in [0.15, 0.2) is 28.7 Å². The van der Waals surface area contributed by atoms with Crippen molar-refractivity contribution in [3.63, 3.8) is 0 Å². The summed E-state index contributed by atoms with van der Waals surface area (Å²) < 4.78 is 1.08. The van der Waals surface area contributed by atoms with Crippen molar-refractivity contribution < 1.29 is 5.11 Å². The van der Waals surface area contributed by atoms with E-state index in [1.807, 2.05) is 12.1 Å². The van der Waals surface area contributed by atoms with Gasteiger partial charge in [0.05, 0.1) is 6.10 Å². The smallest absolute Gasteiger partial charge is 0.0636 e. The van der Waals surface area contributed by atoms with Crippen LogP contribution in [-0.2, 0) is 0 Å². The maximum Gasteiger partial charge on any atom is 0.0636 e. The van der Waals surface area contributed by atoms with Gasteiger partial charge in [0.1, 0.15) is 0 Å². The largest absolute Gasteiger partial charge is 0.392 e. The molecule has 0 spiro atoms. The number of aliphatic hydroxyl groups excluding tert-OH is 1. The molecule has 0 amide bonds. The average Bonchev–Trinajstić information content (AvgIpc) is 2.14. The molecule has 1 aromatic rings. The number of aliphatic hydroxyl groups is 1. The van der Waals surface area contributed by atoms with Crippen molar-refractivity contribution >= 4 is 15.9 Å². The first-order valence-corrected chi connectivity index (χ1v) is 5.56. The fourth-order valence-corrected chi connectivity index (χ4v) is 1.66. The minimum absolute atomic E-state index is 0.266. The van der Waals surface area contributed by atoms with Crippen molar-refractivity contribution in [3.05, 3.63) is 34.3 Å². The number of hydrogen-bond acceptors (Lipinski definition) is 2. The second-order valence-electron chi connectivity index (χ2n) is 3.53. The topological polar surface area (TPSA) is 32.3 Å². The average molecular weight is 258 g/mol. The molecule has 0 aliphatic rings. The molecule has 2 nitrogen and oxygen atoms in total. The maximum atomic E-state index is 9.13. The third kappa shape index (κ3) is 3.78. The number of nitrogens with one attached hydrogen (secondary N) is 1. The highest BCUT2D eigenvalue weighted by molar-refractivity contribution is 9.10. The summed E-state index contributed by atoms with van der Waals surface area (Å²) in [4.78, 5) is 0. The molecule has 0 aliphatic carbocycles. The fourth-order valence-electron chi connectivity index (χ4n) is 1.24. The van der Waals surface area contributed by atoms with E-state index in [2.05, 4.69) is 40.3 Å². The van der Waals surface area contributed by atoms with Crippen LogP contribution in [0, 0.1) is 0 Å². The molecule has 2 atom stereocenters. The molecule has 0 heterocycles. The van der Waals surface area contributed by atoms with Crippen LogP contribution in [0.3, 0.4) is 0 Å². The molecule has 3 heteroatoms. The Labute approximate surface area is 93.5 Å². The SMILES string of the molecule is C[C@H](NC[C@@H](C)O)c1cccc(Br)c1. The Morgan fingerprint density at radius 3 is 2.71 bits per heavy atom. The van der Waals surface area contributed by atoms with Crippen LogP contribution in [0.25, 0.3) is 0 Å². The molecule has 78 valence electrons. The maximum absolute atomic E-state index is 9.13. The Balaban J connectivity index is 2.56. The molecule has 1 rings (SSSR count). The summed E-state index contributed by atoms with van der Waals surface area (Å²) >= 11 is 3.43. The van der Waals surface area contributed by atoms with Crippen molar-refractivity contribution in [2.75, 3.05) is 6.54 Å². The van der Waals surface area contributed by atoms with Gasteiger partial charge in [-0.3, -0.25) is 0 Å². The lowest BCUT2D eigenvalue weighted by Gasteiger charge is -2.15. The Bertz CT molecular complexity index is 288. The molecule has 0 bridgehead atoms. The van der Waals surface area contributed by atoms with Crippen LogP contribution >= 0.6 is 15.9 Å². The van der Waals surface area contributed by atoms with E-state index in [1.165, 1.54) is 5.56 Å². The zero-order chi connectivity index (χ0) is 10.6. The van der Waals surface area contributed by atoms with Gasteiger partial charge in [-0.25, -0.2) is 0 Å². The standard InChI is InChI=1S/C11H16BrNO/c1-8(14)7-13-9(2)10-4-3-5-11(12)6-10/h3-6,8-9,13-14H,7H2,1-2H3/t8-,9+/m1/s1. The summed E-state index contributed by atoms with van der Waals surface area (Å²) in [7, 11) is 0.